The van der Waals surface area contributed by atoms with E-state index in [1.165, 1.54) is 16.4 Å². The number of nitrogens with zero attached hydrogens (tertiary/aromatic N) is 1. The Morgan fingerprint density at radius 3 is 2.54 bits per heavy atom. The van der Waals surface area contributed by atoms with Crippen LogP contribution in [-0.4, -0.2) is 18.3 Å². The van der Waals surface area contributed by atoms with E-state index in [0.29, 0.717) is 0 Å². The molecule has 1 aliphatic rings. The van der Waals surface area contributed by atoms with E-state index in [4.69, 9.17) is 7.73 Å². The van der Waals surface area contributed by atoms with Gasteiger partial charge in [0.25, 0.3) is 0 Å². The number of pyridine rings is 1. The number of rotatable bonds is 4. The topological polar surface area (TPSA) is 12.9 Å². The zero-order valence-electron chi connectivity index (χ0n) is 17.5. The van der Waals surface area contributed by atoms with Crippen LogP contribution in [0, 0.1) is 12.8 Å². The molecule has 0 spiro atoms. The summed E-state index contributed by atoms with van der Waals surface area (Å²) in [5.41, 5.74) is 4.11. The molecule has 0 amide bonds. The molecule has 2 heteroatoms. The van der Waals surface area contributed by atoms with E-state index in [-0.39, 0.29) is 5.92 Å². The molecular formula is C22H31GeN. The van der Waals surface area contributed by atoms with Crippen molar-refractivity contribution in [1.29, 1.82) is 0 Å². The summed E-state index contributed by atoms with van der Waals surface area (Å²) in [5, 5.41) is 0. The Kier molecular flexibility index (Phi) is 4.70. The van der Waals surface area contributed by atoms with Crippen LogP contribution in [0.1, 0.15) is 46.0 Å². The first-order valence-corrected chi connectivity index (χ1v) is 16.6. The first-order chi connectivity index (χ1) is 12.2. The van der Waals surface area contributed by atoms with Crippen LogP contribution in [0.25, 0.3) is 11.3 Å². The molecule has 3 rings (SSSR count). The second-order valence-corrected chi connectivity index (χ2v) is 18.8. The average Bonchev–Trinajstić information content (AvgIpc) is 2.61. The van der Waals surface area contributed by atoms with E-state index in [1.54, 1.807) is 0 Å². The molecule has 0 bridgehead atoms. The molecule has 0 N–H and O–H groups in total. The first kappa shape index (κ1) is 15.2. The molecule has 0 saturated heterocycles. The van der Waals surface area contributed by atoms with Crippen LogP contribution in [0.15, 0.2) is 36.5 Å². The Balaban J connectivity index is 2.12. The van der Waals surface area contributed by atoms with Crippen molar-refractivity contribution in [3.8, 4) is 11.3 Å². The molecule has 0 aliphatic heterocycles. The maximum atomic E-state index is 9.05. The Morgan fingerprint density at radius 1 is 1.12 bits per heavy atom. The van der Waals surface area contributed by atoms with Crippen molar-refractivity contribution in [2.45, 2.75) is 62.7 Å². The van der Waals surface area contributed by atoms with Gasteiger partial charge < -0.3 is 0 Å². The molecule has 1 heterocycles. The summed E-state index contributed by atoms with van der Waals surface area (Å²) in [6.45, 7) is 2.09. The molecule has 2 aromatic rings. The number of benzene rings is 1. The fraction of sp³-hybridized carbons (Fsp3) is 0.500. The molecule has 1 fully saturated rings. The van der Waals surface area contributed by atoms with Crippen LogP contribution >= 0.6 is 0 Å². The van der Waals surface area contributed by atoms with Gasteiger partial charge in [-0.25, -0.2) is 0 Å². The zero-order valence-corrected chi connectivity index (χ0v) is 17.6. The van der Waals surface area contributed by atoms with Gasteiger partial charge in [-0.1, -0.05) is 0 Å². The van der Waals surface area contributed by atoms with E-state index in [0.717, 1.165) is 42.5 Å². The quantitative estimate of drug-likeness (QED) is 0.614. The van der Waals surface area contributed by atoms with Crippen molar-refractivity contribution in [3.63, 3.8) is 0 Å². The summed E-state index contributed by atoms with van der Waals surface area (Å²) in [5.74, 6) is 7.14. The summed E-state index contributed by atoms with van der Waals surface area (Å²) in [6.07, 6.45) is 6.31. The average molecular weight is 384 g/mol. The molecule has 1 aromatic carbocycles. The molecule has 0 unspecified atom stereocenters. The Morgan fingerprint density at radius 2 is 1.88 bits per heavy atom. The maximum absolute atomic E-state index is 9.05. The molecule has 1 aromatic heterocycles. The van der Waals surface area contributed by atoms with Gasteiger partial charge in [-0.15, -0.1) is 0 Å². The van der Waals surface area contributed by atoms with Crippen LogP contribution in [0.2, 0.25) is 17.3 Å². The Bertz CT molecular complexity index is 774. The molecule has 0 atom stereocenters. The van der Waals surface area contributed by atoms with Crippen LogP contribution in [-0.2, 0) is 6.37 Å². The predicted octanol–water partition coefficient (Wildman–Crippen LogP) is 5.73. The molecule has 24 heavy (non-hydrogen) atoms. The molecule has 1 nitrogen and oxygen atoms in total. The third kappa shape index (κ3) is 4.30. The summed E-state index contributed by atoms with van der Waals surface area (Å²) in [6, 6.07) is 10.4. The van der Waals surface area contributed by atoms with Gasteiger partial charge >= 0.3 is 153 Å². The predicted molar refractivity (Wildman–Crippen MR) is 108 cm³/mol. The van der Waals surface area contributed by atoms with E-state index >= 15 is 0 Å². The minimum atomic E-state index is -2.23. The molecule has 0 radical (unpaired) electrons. The zero-order chi connectivity index (χ0) is 18.9. The summed E-state index contributed by atoms with van der Waals surface area (Å²) < 4.78 is 19.3. The monoisotopic (exact) mass is 385 g/mol. The number of aryl methyl sites for hydroxylation is 1. The van der Waals surface area contributed by atoms with Crippen molar-refractivity contribution < 1.29 is 2.74 Å². The Hall–Kier alpha value is -1.09. The van der Waals surface area contributed by atoms with Gasteiger partial charge in [0, 0.05) is 0 Å². The van der Waals surface area contributed by atoms with Gasteiger partial charge in [0.1, 0.15) is 0 Å². The van der Waals surface area contributed by atoms with E-state index in [1.807, 2.05) is 6.20 Å². The SMILES string of the molecule is [2H]C([2H])(c1cc(-c2cccc(C)c2)nc[c]1[Ge]([CH3])([CH3])[CH3])C1CCCCC1. The van der Waals surface area contributed by atoms with Crippen LogP contribution in [0.3, 0.4) is 0 Å². The van der Waals surface area contributed by atoms with Gasteiger partial charge in [-0.3, -0.25) is 0 Å². The van der Waals surface area contributed by atoms with Gasteiger partial charge in [-0.2, -0.15) is 0 Å². The second kappa shape index (κ2) is 7.43. The van der Waals surface area contributed by atoms with Crippen molar-refractivity contribution >= 4 is 17.7 Å². The van der Waals surface area contributed by atoms with Crippen molar-refractivity contribution in [2.75, 3.05) is 0 Å². The van der Waals surface area contributed by atoms with Crippen LogP contribution < -0.4 is 4.40 Å². The number of aromatic nitrogens is 1. The van der Waals surface area contributed by atoms with Gasteiger partial charge in [0.15, 0.2) is 0 Å². The van der Waals surface area contributed by atoms with E-state index in [2.05, 4.69) is 54.5 Å². The number of hydrogen-bond acceptors (Lipinski definition) is 1. The Labute approximate surface area is 153 Å². The van der Waals surface area contributed by atoms with Crippen LogP contribution in [0.5, 0.6) is 0 Å². The fourth-order valence-electron chi connectivity index (χ4n) is 3.60. The van der Waals surface area contributed by atoms with Crippen molar-refractivity contribution in [1.82, 2.24) is 4.98 Å². The molecular weight excluding hydrogens is 351 g/mol. The van der Waals surface area contributed by atoms with Gasteiger partial charge in [-0.05, 0) is 0 Å². The normalized spacial score (nSPS) is 18.2. The molecule has 1 aliphatic carbocycles. The van der Waals surface area contributed by atoms with Crippen molar-refractivity contribution in [3.05, 3.63) is 47.7 Å². The van der Waals surface area contributed by atoms with E-state index < -0.39 is 19.6 Å². The van der Waals surface area contributed by atoms with Gasteiger partial charge in [0.2, 0.25) is 0 Å². The molecule has 1 saturated carbocycles. The first-order valence-electron chi connectivity index (χ1n) is 10.3. The summed E-state index contributed by atoms with van der Waals surface area (Å²) in [7, 11) is 0. The van der Waals surface area contributed by atoms with Gasteiger partial charge in [0.05, 0.1) is 0 Å². The number of hydrogen-bond donors (Lipinski definition) is 0. The van der Waals surface area contributed by atoms with Crippen molar-refractivity contribution in [2.24, 2.45) is 5.92 Å². The third-order valence-electron chi connectivity index (χ3n) is 4.99. The second-order valence-electron chi connectivity index (χ2n) is 8.21. The third-order valence-corrected chi connectivity index (χ3v) is 9.22. The standard InChI is InChI=1S/C22H31GeN/c1-17-9-8-12-19(13-17)22-15-20(14-18-10-6-5-7-11-18)21(16-24-22)23(2,3)4/h8-9,12-13,15-16,18H,5-7,10-11,14H2,1-4H3/i14D2. The molecule has 128 valence electrons. The summed E-state index contributed by atoms with van der Waals surface area (Å²) in [4.78, 5) is 4.76. The van der Waals surface area contributed by atoms with Crippen LogP contribution in [0.4, 0.5) is 0 Å². The van der Waals surface area contributed by atoms with E-state index in [9.17, 15) is 0 Å². The fourth-order valence-corrected chi connectivity index (χ4v) is 6.55. The minimum absolute atomic E-state index is 0.132. The summed E-state index contributed by atoms with van der Waals surface area (Å²) >= 11 is -2.23.